The molecule has 4 rings (SSSR count). The van der Waals surface area contributed by atoms with E-state index in [2.05, 4.69) is 35.4 Å². The van der Waals surface area contributed by atoms with Crippen molar-refractivity contribution in [2.75, 3.05) is 18.0 Å². The van der Waals surface area contributed by atoms with Gasteiger partial charge in [0, 0.05) is 24.4 Å². The first-order valence-corrected chi connectivity index (χ1v) is 9.14. The van der Waals surface area contributed by atoms with E-state index in [1.165, 1.54) is 5.57 Å². The van der Waals surface area contributed by atoms with Crippen LogP contribution in [0.25, 0.3) is 23.5 Å². The third-order valence-electron chi connectivity index (χ3n) is 5.04. The molecule has 0 bridgehead atoms. The average molecular weight is 362 g/mol. The number of hydrogen-bond donors (Lipinski definition) is 2. The highest BCUT2D eigenvalue weighted by atomic mass is 16.3. The Morgan fingerprint density at radius 1 is 1.26 bits per heavy atom. The number of phenolic OH excluding ortho intramolecular Hbond substituents is 1. The smallest absolute Gasteiger partial charge is 0.207 e. The number of carbonyl (C=O) groups is 1. The fourth-order valence-corrected chi connectivity index (χ4v) is 3.55. The molecular formula is C21H22N4O2. The SMILES string of the molecule is CC1=CC=c2c(N3CC[C@@H](NC=O)C3)nc(-c3ccccc3O)nc2=CC1. The van der Waals surface area contributed by atoms with Crippen LogP contribution in [0.4, 0.5) is 5.82 Å². The number of nitrogens with one attached hydrogen (secondary N) is 1. The van der Waals surface area contributed by atoms with Gasteiger partial charge in [-0.05, 0) is 38.0 Å². The number of amides is 1. The van der Waals surface area contributed by atoms with Gasteiger partial charge in [-0.1, -0.05) is 29.9 Å². The van der Waals surface area contributed by atoms with Crippen LogP contribution in [-0.4, -0.2) is 40.6 Å². The fourth-order valence-electron chi connectivity index (χ4n) is 3.55. The van der Waals surface area contributed by atoms with Gasteiger partial charge in [-0.2, -0.15) is 0 Å². The fraction of sp³-hybridized carbons (Fsp3) is 0.286. The highest BCUT2D eigenvalue weighted by Gasteiger charge is 2.25. The molecule has 0 spiro atoms. The Morgan fingerprint density at radius 2 is 2.11 bits per heavy atom. The van der Waals surface area contributed by atoms with Crippen LogP contribution in [0.15, 0.2) is 35.9 Å². The van der Waals surface area contributed by atoms with E-state index in [4.69, 9.17) is 9.97 Å². The van der Waals surface area contributed by atoms with Crippen LogP contribution in [0.5, 0.6) is 5.75 Å². The van der Waals surface area contributed by atoms with Crippen LogP contribution < -0.4 is 20.8 Å². The molecule has 2 N–H and O–H groups in total. The second-order valence-electron chi connectivity index (χ2n) is 6.99. The predicted molar refractivity (Wildman–Crippen MR) is 106 cm³/mol. The second-order valence-corrected chi connectivity index (χ2v) is 6.99. The molecule has 138 valence electrons. The number of para-hydroxylation sites is 1. The Bertz CT molecular complexity index is 1030. The van der Waals surface area contributed by atoms with Gasteiger partial charge < -0.3 is 15.3 Å². The summed E-state index contributed by atoms with van der Waals surface area (Å²) < 4.78 is 0. The molecule has 1 saturated heterocycles. The first-order chi connectivity index (χ1) is 13.2. The van der Waals surface area contributed by atoms with Crippen LogP contribution in [0.3, 0.4) is 0 Å². The predicted octanol–water partition coefficient (Wildman–Crippen LogP) is 1.08. The molecule has 1 amide bonds. The van der Waals surface area contributed by atoms with Gasteiger partial charge in [0.2, 0.25) is 6.41 Å². The minimum absolute atomic E-state index is 0.119. The van der Waals surface area contributed by atoms with E-state index in [1.54, 1.807) is 12.1 Å². The van der Waals surface area contributed by atoms with Crippen molar-refractivity contribution in [3.05, 3.63) is 46.5 Å². The molecule has 1 aromatic carbocycles. The zero-order valence-corrected chi connectivity index (χ0v) is 15.2. The minimum atomic E-state index is 0.119. The quantitative estimate of drug-likeness (QED) is 0.796. The molecule has 2 aliphatic rings. The van der Waals surface area contributed by atoms with E-state index in [0.29, 0.717) is 17.9 Å². The van der Waals surface area contributed by atoms with Gasteiger partial charge in [0.25, 0.3) is 0 Å². The van der Waals surface area contributed by atoms with Crippen molar-refractivity contribution in [2.24, 2.45) is 0 Å². The summed E-state index contributed by atoms with van der Waals surface area (Å²) in [5.41, 5.74) is 1.87. The normalized spacial score (nSPS) is 18.6. The molecule has 0 radical (unpaired) electrons. The van der Waals surface area contributed by atoms with E-state index in [-0.39, 0.29) is 11.8 Å². The largest absolute Gasteiger partial charge is 0.507 e. The number of aromatic hydroxyl groups is 1. The van der Waals surface area contributed by atoms with E-state index in [0.717, 1.165) is 42.2 Å². The number of benzene rings is 1. The zero-order valence-electron chi connectivity index (χ0n) is 15.2. The van der Waals surface area contributed by atoms with Gasteiger partial charge in [0.1, 0.15) is 11.6 Å². The molecule has 27 heavy (non-hydrogen) atoms. The molecule has 1 fully saturated rings. The Kier molecular flexibility index (Phi) is 4.62. The third-order valence-corrected chi connectivity index (χ3v) is 5.04. The Hall–Kier alpha value is -3.15. The summed E-state index contributed by atoms with van der Waals surface area (Å²) in [7, 11) is 0. The van der Waals surface area contributed by atoms with Crippen molar-refractivity contribution >= 4 is 24.4 Å². The zero-order chi connectivity index (χ0) is 18.8. The van der Waals surface area contributed by atoms with E-state index < -0.39 is 0 Å². The summed E-state index contributed by atoms with van der Waals surface area (Å²) in [6.45, 7) is 3.61. The minimum Gasteiger partial charge on any atom is -0.507 e. The first-order valence-electron chi connectivity index (χ1n) is 9.14. The topological polar surface area (TPSA) is 78.4 Å². The van der Waals surface area contributed by atoms with E-state index in [9.17, 15) is 9.90 Å². The number of hydrogen-bond acceptors (Lipinski definition) is 5. The third kappa shape index (κ3) is 3.43. The molecule has 0 unspecified atom stereocenters. The molecule has 1 atom stereocenters. The summed E-state index contributed by atoms with van der Waals surface area (Å²) in [6.07, 6.45) is 8.74. The summed E-state index contributed by atoms with van der Waals surface area (Å²) in [5, 5.41) is 15.0. The highest BCUT2D eigenvalue weighted by molar-refractivity contribution is 5.66. The van der Waals surface area contributed by atoms with Crippen molar-refractivity contribution in [1.82, 2.24) is 15.3 Å². The number of anilines is 1. The molecule has 2 aromatic rings. The summed E-state index contributed by atoms with van der Waals surface area (Å²) in [6, 6.07) is 7.24. The van der Waals surface area contributed by atoms with Gasteiger partial charge >= 0.3 is 0 Å². The lowest BCUT2D eigenvalue weighted by Crippen LogP contribution is -2.39. The van der Waals surface area contributed by atoms with E-state index >= 15 is 0 Å². The molecule has 0 saturated carbocycles. The molecule has 1 aromatic heterocycles. The number of phenols is 1. The Balaban J connectivity index is 1.87. The summed E-state index contributed by atoms with van der Waals surface area (Å²) >= 11 is 0. The Labute approximate surface area is 157 Å². The number of nitrogens with zero attached hydrogens (tertiary/aromatic N) is 3. The van der Waals surface area contributed by atoms with Gasteiger partial charge in [-0.25, -0.2) is 9.97 Å². The second kappa shape index (κ2) is 7.23. The van der Waals surface area contributed by atoms with Gasteiger partial charge in [0.15, 0.2) is 5.82 Å². The summed E-state index contributed by atoms with van der Waals surface area (Å²) in [5.74, 6) is 1.52. The lowest BCUT2D eigenvalue weighted by Gasteiger charge is -2.19. The first kappa shape index (κ1) is 17.3. The molecule has 2 heterocycles. The molecule has 6 heteroatoms. The van der Waals surface area contributed by atoms with Gasteiger partial charge in [-0.3, -0.25) is 4.79 Å². The van der Waals surface area contributed by atoms with Crippen molar-refractivity contribution in [3.63, 3.8) is 0 Å². The van der Waals surface area contributed by atoms with Gasteiger partial charge in [0.05, 0.1) is 10.9 Å². The Morgan fingerprint density at radius 3 is 2.93 bits per heavy atom. The van der Waals surface area contributed by atoms with E-state index in [1.807, 2.05) is 12.1 Å². The number of aromatic nitrogens is 2. The maximum Gasteiger partial charge on any atom is 0.207 e. The maximum atomic E-state index is 10.8. The van der Waals surface area contributed by atoms with Crippen LogP contribution in [0.2, 0.25) is 0 Å². The number of allylic oxidation sites excluding steroid dienone is 2. The molecule has 6 nitrogen and oxygen atoms in total. The lowest BCUT2D eigenvalue weighted by molar-refractivity contribution is -0.110. The number of rotatable bonds is 4. The molecule has 1 aliphatic carbocycles. The van der Waals surface area contributed by atoms with Crippen molar-refractivity contribution in [3.8, 4) is 17.1 Å². The summed E-state index contributed by atoms with van der Waals surface area (Å²) in [4.78, 5) is 22.5. The van der Waals surface area contributed by atoms with Crippen LogP contribution in [-0.2, 0) is 4.79 Å². The molecule has 1 aliphatic heterocycles. The average Bonchev–Trinajstić information content (AvgIpc) is 3.05. The van der Waals surface area contributed by atoms with Gasteiger partial charge in [-0.15, -0.1) is 0 Å². The van der Waals surface area contributed by atoms with Crippen LogP contribution in [0, 0.1) is 0 Å². The van der Waals surface area contributed by atoms with Crippen LogP contribution >= 0.6 is 0 Å². The lowest BCUT2D eigenvalue weighted by atomic mass is 10.2. The number of carbonyl (C=O) groups excluding carboxylic acids is 1. The van der Waals surface area contributed by atoms with Crippen molar-refractivity contribution < 1.29 is 9.90 Å². The van der Waals surface area contributed by atoms with Crippen LogP contribution in [0.1, 0.15) is 19.8 Å². The monoisotopic (exact) mass is 362 g/mol. The standard InChI is InChI=1S/C21H22N4O2/c1-14-6-8-16-18(9-7-14)23-20(17-4-2-3-5-19(17)27)24-21(16)25-11-10-15(12-25)22-13-26/h2-6,8-9,13,15,27H,7,10-12H2,1H3,(H,22,26)/t15-/m1/s1. The highest BCUT2D eigenvalue weighted by Crippen LogP contribution is 2.26. The van der Waals surface area contributed by atoms with Crippen molar-refractivity contribution in [2.45, 2.75) is 25.8 Å². The number of fused-ring (bicyclic) bond motifs is 1. The maximum absolute atomic E-state index is 10.8. The van der Waals surface area contributed by atoms with Crippen molar-refractivity contribution in [1.29, 1.82) is 0 Å². The molecular weight excluding hydrogens is 340 g/mol.